The van der Waals surface area contributed by atoms with Crippen molar-refractivity contribution in [2.75, 3.05) is 0 Å². The molecule has 0 amide bonds. The van der Waals surface area contributed by atoms with E-state index in [1.807, 2.05) is 0 Å². The molecule has 1 rings (SSSR count). The molecule has 1 unspecified atom stereocenters. The second-order valence-corrected chi connectivity index (χ2v) is 3.35. The highest BCUT2D eigenvalue weighted by Gasteiger charge is 2.37. The fourth-order valence-electron chi connectivity index (χ4n) is 1.47. The Balaban J connectivity index is 3.40. The van der Waals surface area contributed by atoms with Crippen molar-refractivity contribution in [3.63, 3.8) is 0 Å². The van der Waals surface area contributed by atoms with E-state index in [0.29, 0.717) is 0 Å². The van der Waals surface area contributed by atoms with E-state index in [1.165, 1.54) is 19.1 Å². The van der Waals surface area contributed by atoms with Crippen molar-refractivity contribution in [1.29, 1.82) is 0 Å². The standard InChI is InChI=1S/C10H10F3NO2/c1-5-3-2-4-6(8(14)9(15)16)7(5)10(11,12)13/h2-4,8H,14H2,1H3,(H,15,16). The zero-order valence-electron chi connectivity index (χ0n) is 8.38. The molecule has 88 valence electrons. The number of alkyl halides is 3. The Hall–Kier alpha value is -1.56. The number of carboxylic acid groups (broad SMARTS) is 1. The van der Waals surface area contributed by atoms with Gasteiger partial charge in [0.2, 0.25) is 0 Å². The van der Waals surface area contributed by atoms with Crippen molar-refractivity contribution in [3.05, 3.63) is 34.9 Å². The summed E-state index contributed by atoms with van der Waals surface area (Å²) in [6.45, 7) is 1.26. The average molecular weight is 233 g/mol. The Morgan fingerprint density at radius 1 is 1.44 bits per heavy atom. The van der Waals surface area contributed by atoms with Crippen LogP contribution in [0.2, 0.25) is 0 Å². The maximum atomic E-state index is 12.7. The minimum Gasteiger partial charge on any atom is -0.480 e. The maximum Gasteiger partial charge on any atom is 0.417 e. The van der Waals surface area contributed by atoms with Gasteiger partial charge in [-0.2, -0.15) is 13.2 Å². The quantitative estimate of drug-likeness (QED) is 0.822. The molecule has 1 atom stereocenters. The van der Waals surface area contributed by atoms with Gasteiger partial charge < -0.3 is 10.8 Å². The predicted molar refractivity (Wildman–Crippen MR) is 50.7 cm³/mol. The first-order valence-corrected chi connectivity index (χ1v) is 4.40. The highest BCUT2D eigenvalue weighted by atomic mass is 19.4. The molecule has 0 spiro atoms. The van der Waals surface area contributed by atoms with Gasteiger partial charge in [-0.15, -0.1) is 0 Å². The second kappa shape index (κ2) is 4.13. The molecule has 6 heteroatoms. The molecule has 0 saturated carbocycles. The first-order valence-electron chi connectivity index (χ1n) is 4.40. The van der Waals surface area contributed by atoms with Gasteiger partial charge in [-0.3, -0.25) is 4.79 Å². The Bertz CT molecular complexity index is 415. The van der Waals surface area contributed by atoms with Crippen molar-refractivity contribution in [2.45, 2.75) is 19.1 Å². The molecule has 1 aromatic carbocycles. The molecule has 3 N–H and O–H groups in total. The Labute approximate surface area is 89.7 Å². The number of nitrogens with two attached hydrogens (primary N) is 1. The lowest BCUT2D eigenvalue weighted by Crippen LogP contribution is -2.25. The third-order valence-corrected chi connectivity index (χ3v) is 2.19. The molecule has 16 heavy (non-hydrogen) atoms. The minimum atomic E-state index is -4.60. The lowest BCUT2D eigenvalue weighted by atomic mass is 9.96. The van der Waals surface area contributed by atoms with Crippen LogP contribution < -0.4 is 5.73 Å². The van der Waals surface area contributed by atoms with Crippen LogP contribution >= 0.6 is 0 Å². The van der Waals surface area contributed by atoms with E-state index in [4.69, 9.17) is 10.8 Å². The molecule has 0 aliphatic rings. The number of aryl methyl sites for hydroxylation is 1. The zero-order valence-corrected chi connectivity index (χ0v) is 8.38. The SMILES string of the molecule is Cc1cccc(C(N)C(=O)O)c1C(F)(F)F. The van der Waals surface area contributed by atoms with E-state index in [0.717, 1.165) is 6.07 Å². The molecule has 0 aliphatic carbocycles. The van der Waals surface area contributed by atoms with Crippen molar-refractivity contribution >= 4 is 5.97 Å². The van der Waals surface area contributed by atoms with Crippen LogP contribution in [0.1, 0.15) is 22.7 Å². The summed E-state index contributed by atoms with van der Waals surface area (Å²) in [4.78, 5) is 10.6. The summed E-state index contributed by atoms with van der Waals surface area (Å²) in [5.74, 6) is -1.49. The third-order valence-electron chi connectivity index (χ3n) is 2.19. The number of benzene rings is 1. The summed E-state index contributed by atoms with van der Waals surface area (Å²) >= 11 is 0. The van der Waals surface area contributed by atoms with Crippen molar-refractivity contribution in [2.24, 2.45) is 5.73 Å². The van der Waals surface area contributed by atoms with Crippen LogP contribution in [0.5, 0.6) is 0 Å². The van der Waals surface area contributed by atoms with Crippen LogP contribution in [0.4, 0.5) is 13.2 Å². The summed E-state index contributed by atoms with van der Waals surface area (Å²) in [7, 11) is 0. The van der Waals surface area contributed by atoms with Crippen LogP contribution in [-0.2, 0) is 11.0 Å². The van der Waals surface area contributed by atoms with Crippen molar-refractivity contribution in [3.8, 4) is 0 Å². The maximum absolute atomic E-state index is 12.7. The topological polar surface area (TPSA) is 63.3 Å². The molecule has 0 fully saturated rings. The van der Waals surface area contributed by atoms with Gasteiger partial charge in [0.15, 0.2) is 0 Å². The number of hydrogen-bond acceptors (Lipinski definition) is 2. The number of rotatable bonds is 2. The number of hydrogen-bond donors (Lipinski definition) is 2. The lowest BCUT2D eigenvalue weighted by molar-refractivity contribution is -0.141. The van der Waals surface area contributed by atoms with Gasteiger partial charge >= 0.3 is 12.1 Å². The highest BCUT2D eigenvalue weighted by molar-refractivity contribution is 5.76. The van der Waals surface area contributed by atoms with Gasteiger partial charge in [-0.1, -0.05) is 18.2 Å². The first kappa shape index (κ1) is 12.5. The minimum absolute atomic E-state index is 0.0401. The zero-order chi connectivity index (χ0) is 12.5. The first-order chi connectivity index (χ1) is 7.25. The molecule has 0 radical (unpaired) electrons. The smallest absolute Gasteiger partial charge is 0.417 e. The van der Waals surface area contributed by atoms with Crippen LogP contribution in [-0.4, -0.2) is 11.1 Å². The summed E-state index contributed by atoms with van der Waals surface area (Å²) in [5, 5.41) is 8.62. The molecule has 1 aromatic rings. The van der Waals surface area contributed by atoms with Gasteiger partial charge in [0, 0.05) is 0 Å². The third kappa shape index (κ3) is 2.33. The van der Waals surface area contributed by atoms with E-state index >= 15 is 0 Å². The number of halogens is 3. The van der Waals surface area contributed by atoms with Crippen molar-refractivity contribution in [1.82, 2.24) is 0 Å². The number of carboxylic acids is 1. The summed E-state index contributed by atoms with van der Waals surface area (Å²) in [6.07, 6.45) is -4.60. The highest BCUT2D eigenvalue weighted by Crippen LogP contribution is 2.36. The van der Waals surface area contributed by atoms with Gasteiger partial charge in [0.05, 0.1) is 5.56 Å². The van der Waals surface area contributed by atoms with Crippen LogP contribution in [0.25, 0.3) is 0 Å². The summed E-state index contributed by atoms with van der Waals surface area (Å²) in [6, 6.07) is 2.02. The van der Waals surface area contributed by atoms with E-state index in [2.05, 4.69) is 0 Å². The molecule has 0 bridgehead atoms. The molecular weight excluding hydrogens is 223 g/mol. The lowest BCUT2D eigenvalue weighted by Gasteiger charge is -2.17. The predicted octanol–water partition coefficient (Wildman–Crippen LogP) is 2.10. The van der Waals surface area contributed by atoms with Crippen LogP contribution in [0.15, 0.2) is 18.2 Å². The van der Waals surface area contributed by atoms with E-state index < -0.39 is 29.3 Å². The van der Waals surface area contributed by atoms with E-state index in [9.17, 15) is 18.0 Å². The number of carbonyl (C=O) groups is 1. The average Bonchev–Trinajstić information content (AvgIpc) is 2.14. The monoisotopic (exact) mass is 233 g/mol. The fraction of sp³-hybridized carbons (Fsp3) is 0.300. The Morgan fingerprint density at radius 2 is 2.00 bits per heavy atom. The normalized spacial score (nSPS) is 13.6. The summed E-state index contributed by atoms with van der Waals surface area (Å²) in [5.41, 5.74) is 3.78. The van der Waals surface area contributed by atoms with E-state index in [-0.39, 0.29) is 5.56 Å². The molecule has 3 nitrogen and oxygen atoms in total. The number of aliphatic carboxylic acids is 1. The fourth-order valence-corrected chi connectivity index (χ4v) is 1.47. The van der Waals surface area contributed by atoms with E-state index in [1.54, 1.807) is 0 Å². The molecule has 0 aromatic heterocycles. The molecule has 0 aliphatic heterocycles. The Morgan fingerprint density at radius 3 is 2.44 bits per heavy atom. The summed E-state index contributed by atoms with van der Waals surface area (Å²) < 4.78 is 38.1. The molecular formula is C10H10F3NO2. The van der Waals surface area contributed by atoms with Gasteiger partial charge in [0.25, 0.3) is 0 Å². The van der Waals surface area contributed by atoms with Crippen LogP contribution in [0, 0.1) is 6.92 Å². The van der Waals surface area contributed by atoms with Gasteiger partial charge in [-0.25, -0.2) is 0 Å². The van der Waals surface area contributed by atoms with Gasteiger partial charge in [-0.05, 0) is 18.1 Å². The van der Waals surface area contributed by atoms with Crippen LogP contribution in [0.3, 0.4) is 0 Å². The molecule has 0 saturated heterocycles. The Kier molecular flexibility index (Phi) is 3.23. The molecule has 0 heterocycles. The van der Waals surface area contributed by atoms with Gasteiger partial charge in [0.1, 0.15) is 6.04 Å². The largest absolute Gasteiger partial charge is 0.480 e. The second-order valence-electron chi connectivity index (χ2n) is 3.35. The van der Waals surface area contributed by atoms with Crippen molar-refractivity contribution < 1.29 is 23.1 Å².